The predicted octanol–water partition coefficient (Wildman–Crippen LogP) is 3.20. The van der Waals surface area contributed by atoms with Crippen LogP contribution in [0.15, 0.2) is 84.4 Å². The molecule has 3 aromatic carbocycles. The van der Waals surface area contributed by atoms with Crippen LogP contribution in [0.2, 0.25) is 0 Å². The molecular formula is C24H16N4O3. The number of amides is 2. The number of fused-ring (bicyclic) bond motifs is 3. The number of hydrogen-bond donors (Lipinski definition) is 3. The van der Waals surface area contributed by atoms with E-state index < -0.39 is 23.3 Å². The van der Waals surface area contributed by atoms with Crippen LogP contribution in [-0.2, 0) is 14.4 Å². The molecule has 1 saturated heterocycles. The van der Waals surface area contributed by atoms with Gasteiger partial charge in [0.15, 0.2) is 0 Å². The third-order valence-electron chi connectivity index (χ3n) is 5.86. The maximum absolute atomic E-state index is 13.6. The summed E-state index contributed by atoms with van der Waals surface area (Å²) in [6.45, 7) is 0. The van der Waals surface area contributed by atoms with Gasteiger partial charge in [-0.1, -0.05) is 54.6 Å². The van der Waals surface area contributed by atoms with Gasteiger partial charge >= 0.3 is 5.91 Å². The molecular weight excluding hydrogens is 392 g/mol. The van der Waals surface area contributed by atoms with Gasteiger partial charge in [0, 0.05) is 0 Å². The molecule has 3 heterocycles. The van der Waals surface area contributed by atoms with Crippen molar-refractivity contribution in [2.75, 3.05) is 20.9 Å². The maximum atomic E-state index is 13.6. The summed E-state index contributed by atoms with van der Waals surface area (Å²) in [5, 5.41) is 9.43. The van der Waals surface area contributed by atoms with Crippen LogP contribution in [0.3, 0.4) is 0 Å². The first kappa shape index (κ1) is 17.5. The molecule has 1 atom stereocenters. The summed E-state index contributed by atoms with van der Waals surface area (Å²) in [5.74, 6) is -1.97. The summed E-state index contributed by atoms with van der Waals surface area (Å²) in [4.78, 5) is 41.7. The van der Waals surface area contributed by atoms with Crippen molar-refractivity contribution in [3.63, 3.8) is 0 Å². The Labute approximate surface area is 177 Å². The number of carbonyl (C=O) groups excluding carboxylic acids is 3. The van der Waals surface area contributed by atoms with Gasteiger partial charge in [0.25, 0.3) is 11.7 Å². The quantitative estimate of drug-likeness (QED) is 0.538. The van der Waals surface area contributed by atoms with E-state index in [1.807, 2.05) is 54.6 Å². The molecule has 0 aliphatic carbocycles. The Morgan fingerprint density at radius 3 is 2.10 bits per heavy atom. The number of nitrogens with one attached hydrogen (secondary N) is 3. The topological polar surface area (TPSA) is 90.5 Å². The van der Waals surface area contributed by atoms with Gasteiger partial charge in [0.1, 0.15) is 0 Å². The van der Waals surface area contributed by atoms with Crippen LogP contribution in [0.1, 0.15) is 5.56 Å². The van der Waals surface area contributed by atoms with Gasteiger partial charge in [-0.3, -0.25) is 19.3 Å². The van der Waals surface area contributed by atoms with Gasteiger partial charge in [-0.25, -0.2) is 0 Å². The number of anilines is 4. The molecule has 6 rings (SSSR count). The van der Waals surface area contributed by atoms with Crippen molar-refractivity contribution in [2.45, 2.75) is 5.66 Å². The molecule has 3 aromatic rings. The summed E-state index contributed by atoms with van der Waals surface area (Å²) in [5.41, 5.74) is 1.74. The zero-order valence-corrected chi connectivity index (χ0v) is 16.2. The largest absolute Gasteiger partial charge is 0.353 e. The zero-order chi connectivity index (χ0) is 21.2. The average molecular weight is 408 g/mol. The lowest BCUT2D eigenvalue weighted by molar-refractivity contribution is -0.132. The number of rotatable bonds is 1. The molecule has 1 unspecified atom stereocenters. The van der Waals surface area contributed by atoms with Crippen molar-refractivity contribution in [3.8, 4) is 0 Å². The Morgan fingerprint density at radius 2 is 1.32 bits per heavy atom. The fourth-order valence-corrected chi connectivity index (χ4v) is 4.51. The maximum Gasteiger partial charge on any atom is 0.301 e. The highest BCUT2D eigenvalue weighted by molar-refractivity contribution is 6.56. The predicted molar refractivity (Wildman–Crippen MR) is 117 cm³/mol. The summed E-state index contributed by atoms with van der Waals surface area (Å²) >= 11 is 0. The molecule has 0 bridgehead atoms. The molecule has 0 radical (unpaired) electrons. The molecule has 3 aliphatic heterocycles. The highest BCUT2D eigenvalue weighted by Gasteiger charge is 2.65. The van der Waals surface area contributed by atoms with Crippen LogP contribution in [0, 0.1) is 0 Å². The molecule has 0 saturated carbocycles. The fourth-order valence-electron chi connectivity index (χ4n) is 4.51. The van der Waals surface area contributed by atoms with Crippen molar-refractivity contribution in [1.82, 2.24) is 0 Å². The van der Waals surface area contributed by atoms with Crippen LogP contribution in [0.25, 0.3) is 5.70 Å². The lowest BCUT2D eigenvalue weighted by atomic mass is 9.91. The Kier molecular flexibility index (Phi) is 3.41. The SMILES string of the molecule is O=C1C(=O)N2c3ccccc3NC(=O)C23Nc2ccccc2NC(c2ccccc2)=C13. The first-order valence-corrected chi connectivity index (χ1v) is 9.85. The van der Waals surface area contributed by atoms with Crippen molar-refractivity contribution in [3.05, 3.63) is 90.0 Å². The van der Waals surface area contributed by atoms with Crippen LogP contribution >= 0.6 is 0 Å². The highest BCUT2D eigenvalue weighted by atomic mass is 16.2. The van der Waals surface area contributed by atoms with Gasteiger partial charge in [-0.05, 0) is 29.8 Å². The smallest absolute Gasteiger partial charge is 0.301 e. The summed E-state index contributed by atoms with van der Waals surface area (Å²) in [6, 6.07) is 23.6. The van der Waals surface area contributed by atoms with E-state index >= 15 is 0 Å². The van der Waals surface area contributed by atoms with E-state index in [4.69, 9.17) is 0 Å². The van der Waals surface area contributed by atoms with E-state index in [-0.39, 0.29) is 5.57 Å². The minimum absolute atomic E-state index is 0.0758. The summed E-state index contributed by atoms with van der Waals surface area (Å²) in [6.07, 6.45) is 0. The standard InChI is InChI=1S/C24H16N4O3/c29-21-19-20(14-8-2-1-3-9-14)25-15-10-4-5-11-16(15)27-24(19)23(31)26-17-12-6-7-13-18(17)28(24)22(21)30/h1-13,25,27H,(H,26,31). The second kappa shape index (κ2) is 6.06. The Bertz CT molecular complexity index is 1330. The fraction of sp³-hybridized carbons (Fsp3) is 0.0417. The lowest BCUT2D eigenvalue weighted by Gasteiger charge is -2.42. The summed E-state index contributed by atoms with van der Waals surface area (Å²) < 4.78 is 0. The molecule has 0 aromatic heterocycles. The minimum Gasteiger partial charge on any atom is -0.353 e. The molecule has 31 heavy (non-hydrogen) atoms. The van der Waals surface area contributed by atoms with E-state index in [9.17, 15) is 14.4 Å². The highest BCUT2D eigenvalue weighted by Crippen LogP contribution is 2.49. The molecule has 2 amide bonds. The molecule has 150 valence electrons. The van der Waals surface area contributed by atoms with Crippen LogP contribution in [-0.4, -0.2) is 23.3 Å². The molecule has 7 nitrogen and oxygen atoms in total. The van der Waals surface area contributed by atoms with E-state index in [1.54, 1.807) is 24.3 Å². The monoisotopic (exact) mass is 408 g/mol. The second-order valence-corrected chi connectivity index (χ2v) is 7.56. The summed E-state index contributed by atoms with van der Waals surface area (Å²) in [7, 11) is 0. The van der Waals surface area contributed by atoms with Crippen LogP contribution < -0.4 is 20.9 Å². The normalized spacial score (nSPS) is 21.2. The number of carbonyl (C=O) groups is 3. The molecule has 1 fully saturated rings. The van der Waals surface area contributed by atoms with Gasteiger partial charge in [-0.15, -0.1) is 0 Å². The molecule has 3 aliphatic rings. The van der Waals surface area contributed by atoms with E-state index in [2.05, 4.69) is 16.0 Å². The zero-order valence-electron chi connectivity index (χ0n) is 16.2. The number of hydrogen-bond acceptors (Lipinski definition) is 5. The van der Waals surface area contributed by atoms with Gasteiger partial charge in [0.2, 0.25) is 5.66 Å². The molecule has 7 heteroatoms. The van der Waals surface area contributed by atoms with Crippen molar-refractivity contribution in [1.29, 1.82) is 0 Å². The van der Waals surface area contributed by atoms with Gasteiger partial charge in [0.05, 0.1) is 34.0 Å². The lowest BCUT2D eigenvalue weighted by Crippen LogP contribution is -2.63. The average Bonchev–Trinajstić information content (AvgIpc) is 2.93. The van der Waals surface area contributed by atoms with E-state index in [0.29, 0.717) is 34.0 Å². The first-order chi connectivity index (χ1) is 15.1. The first-order valence-electron chi connectivity index (χ1n) is 9.85. The number of para-hydroxylation sites is 4. The van der Waals surface area contributed by atoms with Crippen LogP contribution in [0.4, 0.5) is 22.7 Å². The Morgan fingerprint density at radius 1 is 0.677 bits per heavy atom. The minimum atomic E-state index is -1.71. The van der Waals surface area contributed by atoms with E-state index in [1.165, 1.54) is 4.90 Å². The van der Waals surface area contributed by atoms with Crippen molar-refractivity contribution < 1.29 is 14.4 Å². The third kappa shape index (κ3) is 2.20. The Balaban J connectivity index is 1.73. The number of ketones is 1. The van der Waals surface area contributed by atoms with Gasteiger partial charge in [-0.2, -0.15) is 0 Å². The van der Waals surface area contributed by atoms with E-state index in [0.717, 1.165) is 0 Å². The van der Waals surface area contributed by atoms with Crippen molar-refractivity contribution >= 4 is 46.0 Å². The third-order valence-corrected chi connectivity index (χ3v) is 5.86. The number of Topliss-reactive ketones (excluding diaryl/α,β-unsaturated/α-hetero) is 1. The van der Waals surface area contributed by atoms with Crippen LogP contribution in [0.5, 0.6) is 0 Å². The number of benzene rings is 3. The molecule has 1 spiro atoms. The van der Waals surface area contributed by atoms with Gasteiger partial charge < -0.3 is 16.0 Å². The number of nitrogens with zero attached hydrogens (tertiary/aromatic N) is 1. The van der Waals surface area contributed by atoms with Crippen molar-refractivity contribution in [2.24, 2.45) is 0 Å². The molecule has 3 N–H and O–H groups in total. The Hall–Kier alpha value is -4.39. The second-order valence-electron chi connectivity index (χ2n) is 7.56.